The van der Waals surface area contributed by atoms with E-state index in [2.05, 4.69) is 33.7 Å². The Bertz CT molecular complexity index is 914. The summed E-state index contributed by atoms with van der Waals surface area (Å²) in [5.41, 5.74) is 2.69. The number of nitrogens with one attached hydrogen (secondary N) is 2. The van der Waals surface area contributed by atoms with E-state index < -0.39 is 0 Å². The lowest BCUT2D eigenvalue weighted by Crippen LogP contribution is -2.38. The largest absolute Gasteiger partial charge is 0.335 e. The molecule has 6 heteroatoms. The summed E-state index contributed by atoms with van der Waals surface area (Å²) in [7, 11) is 0. The third kappa shape index (κ3) is 6.00. The highest BCUT2D eigenvalue weighted by molar-refractivity contribution is 6.30. The molecule has 2 fully saturated rings. The van der Waals surface area contributed by atoms with Gasteiger partial charge in [0.1, 0.15) is 0 Å². The van der Waals surface area contributed by atoms with Gasteiger partial charge in [-0.05, 0) is 99.0 Å². The van der Waals surface area contributed by atoms with E-state index in [1.165, 1.54) is 24.8 Å². The quantitative estimate of drug-likeness (QED) is 0.660. The number of rotatable bonds is 5. The minimum absolute atomic E-state index is 0.167. The standard InChI is InChI=1S/C25H29ClN4O/c26-22-6-4-20(5-7-22)21-11-13-30(14-12-21)17-19-3-10-24(15-19)29-25(31)28-23-8-1-18(16-27)2-9-23/h1-2,4-9,19,21,24H,3,10-15,17H2,(H2,28,29,31)/t19-,24+/m0/s1. The Hall–Kier alpha value is -2.55. The first-order chi connectivity index (χ1) is 15.1. The van der Waals surface area contributed by atoms with Crippen LogP contribution >= 0.6 is 11.6 Å². The summed E-state index contributed by atoms with van der Waals surface area (Å²) in [6, 6.07) is 17.4. The maximum atomic E-state index is 12.3. The zero-order valence-electron chi connectivity index (χ0n) is 17.7. The molecule has 0 radical (unpaired) electrons. The third-order valence-corrected chi connectivity index (χ3v) is 6.85. The van der Waals surface area contributed by atoms with Gasteiger partial charge >= 0.3 is 6.03 Å². The van der Waals surface area contributed by atoms with Crippen molar-refractivity contribution < 1.29 is 4.79 Å². The molecule has 0 aromatic heterocycles. The first-order valence-corrected chi connectivity index (χ1v) is 11.5. The van der Waals surface area contributed by atoms with E-state index in [0.29, 0.717) is 23.1 Å². The lowest BCUT2D eigenvalue weighted by molar-refractivity contribution is 0.182. The maximum absolute atomic E-state index is 12.3. The van der Waals surface area contributed by atoms with Crippen molar-refractivity contribution in [2.24, 2.45) is 5.92 Å². The summed E-state index contributed by atoms with van der Waals surface area (Å²) in [6.45, 7) is 3.41. The Morgan fingerprint density at radius 1 is 1.03 bits per heavy atom. The van der Waals surface area contributed by atoms with Crippen LogP contribution in [-0.2, 0) is 0 Å². The molecule has 0 unspecified atom stereocenters. The highest BCUT2D eigenvalue weighted by Crippen LogP contribution is 2.31. The number of hydrogen-bond acceptors (Lipinski definition) is 3. The second-order valence-electron chi connectivity index (χ2n) is 8.79. The van der Waals surface area contributed by atoms with Gasteiger partial charge in [-0.25, -0.2) is 4.79 Å². The van der Waals surface area contributed by atoms with Crippen molar-refractivity contribution in [3.05, 3.63) is 64.7 Å². The first-order valence-electron chi connectivity index (χ1n) is 11.1. The van der Waals surface area contributed by atoms with Crippen LogP contribution in [-0.4, -0.2) is 36.6 Å². The molecule has 2 aromatic carbocycles. The SMILES string of the molecule is N#Cc1ccc(NC(=O)N[C@@H]2CC[C@H](CN3CCC(c4ccc(Cl)cc4)CC3)C2)cc1. The average Bonchev–Trinajstić information content (AvgIpc) is 3.22. The molecule has 31 heavy (non-hydrogen) atoms. The van der Waals surface area contributed by atoms with Crippen LogP contribution in [0.15, 0.2) is 48.5 Å². The Labute approximate surface area is 189 Å². The number of halogens is 1. The number of piperidine rings is 1. The van der Waals surface area contributed by atoms with Crippen LogP contribution in [0.5, 0.6) is 0 Å². The molecule has 0 bridgehead atoms. The smallest absolute Gasteiger partial charge is 0.319 e. The predicted octanol–water partition coefficient (Wildman–Crippen LogP) is 5.38. The molecule has 162 valence electrons. The molecule has 5 nitrogen and oxygen atoms in total. The van der Waals surface area contributed by atoms with Crippen LogP contribution in [0.4, 0.5) is 10.5 Å². The number of benzene rings is 2. The van der Waals surface area contributed by atoms with Crippen molar-refractivity contribution in [2.75, 3.05) is 25.0 Å². The highest BCUT2D eigenvalue weighted by Gasteiger charge is 2.29. The van der Waals surface area contributed by atoms with Crippen molar-refractivity contribution in [3.63, 3.8) is 0 Å². The zero-order valence-corrected chi connectivity index (χ0v) is 18.4. The molecule has 1 aliphatic heterocycles. The second kappa shape index (κ2) is 10.2. The Kier molecular flexibility index (Phi) is 7.11. The number of carbonyl (C=O) groups excluding carboxylic acids is 1. The van der Waals surface area contributed by atoms with E-state index in [9.17, 15) is 4.79 Å². The van der Waals surface area contributed by atoms with Gasteiger partial charge in [-0.2, -0.15) is 5.26 Å². The lowest BCUT2D eigenvalue weighted by Gasteiger charge is -2.33. The van der Waals surface area contributed by atoms with E-state index >= 15 is 0 Å². The Balaban J connectivity index is 1.18. The summed E-state index contributed by atoms with van der Waals surface area (Å²) >= 11 is 6.01. The molecule has 2 aliphatic rings. The highest BCUT2D eigenvalue weighted by atomic mass is 35.5. The fourth-order valence-electron chi connectivity index (χ4n) is 4.90. The molecule has 4 rings (SSSR count). The molecule has 1 saturated carbocycles. The number of carbonyl (C=O) groups is 1. The van der Waals surface area contributed by atoms with E-state index in [4.69, 9.17) is 16.9 Å². The summed E-state index contributed by atoms with van der Waals surface area (Å²) in [6.07, 6.45) is 5.63. The topological polar surface area (TPSA) is 68.2 Å². The van der Waals surface area contributed by atoms with Crippen LogP contribution in [0.3, 0.4) is 0 Å². The van der Waals surface area contributed by atoms with E-state index in [-0.39, 0.29) is 12.1 Å². The molecular formula is C25H29ClN4O. The van der Waals surface area contributed by atoms with Gasteiger partial charge in [0.25, 0.3) is 0 Å². The van der Waals surface area contributed by atoms with Gasteiger partial charge in [0, 0.05) is 23.3 Å². The summed E-state index contributed by atoms with van der Waals surface area (Å²) < 4.78 is 0. The van der Waals surface area contributed by atoms with Gasteiger partial charge in [0.05, 0.1) is 11.6 Å². The number of nitrogens with zero attached hydrogens (tertiary/aromatic N) is 2. The predicted molar refractivity (Wildman–Crippen MR) is 124 cm³/mol. The van der Waals surface area contributed by atoms with Crippen molar-refractivity contribution in [3.8, 4) is 6.07 Å². The molecule has 1 saturated heterocycles. The summed E-state index contributed by atoms with van der Waals surface area (Å²) in [4.78, 5) is 14.9. The maximum Gasteiger partial charge on any atom is 0.319 e. The van der Waals surface area contributed by atoms with Crippen molar-refractivity contribution >= 4 is 23.3 Å². The number of urea groups is 1. The number of nitriles is 1. The van der Waals surface area contributed by atoms with Gasteiger partial charge in [0.15, 0.2) is 0 Å². The van der Waals surface area contributed by atoms with Crippen LogP contribution in [0, 0.1) is 17.2 Å². The number of hydrogen-bond donors (Lipinski definition) is 2. The first kappa shape index (κ1) is 21.7. The van der Waals surface area contributed by atoms with Gasteiger partial charge in [-0.15, -0.1) is 0 Å². The van der Waals surface area contributed by atoms with Crippen molar-refractivity contribution in [1.29, 1.82) is 5.26 Å². The molecule has 2 atom stereocenters. The third-order valence-electron chi connectivity index (χ3n) is 6.59. The molecule has 0 spiro atoms. The molecule has 2 N–H and O–H groups in total. The van der Waals surface area contributed by atoms with Crippen LogP contribution < -0.4 is 10.6 Å². The molecule has 1 aliphatic carbocycles. The molecular weight excluding hydrogens is 408 g/mol. The average molecular weight is 437 g/mol. The van der Waals surface area contributed by atoms with Gasteiger partial charge < -0.3 is 15.5 Å². The minimum atomic E-state index is -0.167. The fraction of sp³-hybridized carbons (Fsp3) is 0.440. The number of amides is 2. The van der Waals surface area contributed by atoms with Crippen LogP contribution in [0.1, 0.15) is 49.1 Å². The molecule has 1 heterocycles. The van der Waals surface area contributed by atoms with E-state index in [1.54, 1.807) is 24.3 Å². The molecule has 2 amide bonds. The normalized spacial score (nSPS) is 22.1. The Morgan fingerprint density at radius 2 is 1.74 bits per heavy atom. The van der Waals surface area contributed by atoms with Gasteiger partial charge in [0.2, 0.25) is 0 Å². The second-order valence-corrected chi connectivity index (χ2v) is 9.23. The summed E-state index contributed by atoms with van der Waals surface area (Å²) in [5.74, 6) is 1.28. The number of likely N-dealkylation sites (tertiary alicyclic amines) is 1. The minimum Gasteiger partial charge on any atom is -0.335 e. The number of anilines is 1. The van der Waals surface area contributed by atoms with Gasteiger partial charge in [-0.1, -0.05) is 23.7 Å². The van der Waals surface area contributed by atoms with Crippen molar-refractivity contribution in [1.82, 2.24) is 10.2 Å². The van der Waals surface area contributed by atoms with E-state index in [0.717, 1.165) is 37.5 Å². The van der Waals surface area contributed by atoms with Gasteiger partial charge in [-0.3, -0.25) is 0 Å². The summed E-state index contributed by atoms with van der Waals surface area (Å²) in [5, 5.41) is 15.6. The van der Waals surface area contributed by atoms with Crippen molar-refractivity contribution in [2.45, 2.75) is 44.1 Å². The molecule has 2 aromatic rings. The van der Waals surface area contributed by atoms with E-state index in [1.807, 2.05) is 12.1 Å². The zero-order chi connectivity index (χ0) is 21.6. The monoisotopic (exact) mass is 436 g/mol. The van der Waals surface area contributed by atoms with Crippen LogP contribution in [0.25, 0.3) is 0 Å². The Morgan fingerprint density at radius 3 is 2.42 bits per heavy atom. The fourth-order valence-corrected chi connectivity index (χ4v) is 5.03. The van der Waals surface area contributed by atoms with Crippen LogP contribution in [0.2, 0.25) is 5.02 Å². The lowest BCUT2D eigenvalue weighted by atomic mass is 9.89.